The number of carboxylic acids is 1. The van der Waals surface area contributed by atoms with Gasteiger partial charge in [-0.3, -0.25) is 14.3 Å². The largest absolute Gasteiger partial charge is 0.477 e. The lowest BCUT2D eigenvalue weighted by Gasteiger charge is -2.14. The molecule has 0 amide bonds. The van der Waals surface area contributed by atoms with Crippen LogP contribution in [0.15, 0.2) is 12.1 Å². The lowest BCUT2D eigenvalue weighted by Crippen LogP contribution is -2.20. The fraction of sp³-hybridized carbons (Fsp3) is 0.455. The van der Waals surface area contributed by atoms with Crippen LogP contribution in [0.2, 0.25) is 0 Å². The third-order valence-corrected chi connectivity index (χ3v) is 3.32. The first-order valence-corrected chi connectivity index (χ1v) is 7.49. The smallest absolute Gasteiger partial charge is 0.354 e. The monoisotopic (exact) mass is 301 g/mol. The number of anilines is 1. The quantitative estimate of drug-likeness (QED) is 0.574. The van der Waals surface area contributed by atoms with Crippen molar-refractivity contribution in [2.75, 3.05) is 17.3 Å². The van der Waals surface area contributed by atoms with E-state index in [0.29, 0.717) is 12.2 Å². The lowest BCUT2D eigenvalue weighted by atomic mass is 10.2. The number of nitrogens with zero attached hydrogens (tertiary/aromatic N) is 2. The fourth-order valence-electron chi connectivity index (χ4n) is 1.47. The first-order valence-electron chi connectivity index (χ1n) is 5.76. The number of carbonyl (C=O) groups is 1. The molecule has 0 aliphatic carbocycles. The van der Waals surface area contributed by atoms with E-state index in [-0.39, 0.29) is 23.2 Å². The zero-order valence-corrected chi connectivity index (χ0v) is 11.8. The number of carboxylic acid groups (broad SMARTS) is 1. The normalized spacial score (nSPS) is 13.5. The lowest BCUT2D eigenvalue weighted by molar-refractivity contribution is -0.384. The van der Waals surface area contributed by atoms with Gasteiger partial charge in [-0.2, -0.15) is 0 Å². The van der Waals surface area contributed by atoms with Crippen LogP contribution in [-0.2, 0) is 10.8 Å². The van der Waals surface area contributed by atoms with E-state index in [1.807, 2.05) is 0 Å². The standard InChI is InChI=1S/C11H15N3O5S/c1-7(5-6-20(2)19)12-10-9(14(17)18)4-3-8(13-10)11(15)16/h3-4,7H,5-6H2,1-2H3,(H,12,13)(H,15,16). The Labute approximate surface area is 117 Å². The Morgan fingerprint density at radius 2 is 2.25 bits per heavy atom. The maximum absolute atomic E-state index is 11.0. The molecule has 0 aromatic carbocycles. The van der Waals surface area contributed by atoms with Crippen molar-refractivity contribution in [1.29, 1.82) is 0 Å². The second kappa shape index (κ2) is 6.94. The molecule has 0 spiro atoms. The van der Waals surface area contributed by atoms with Crippen LogP contribution in [-0.4, -0.2) is 43.2 Å². The Balaban J connectivity index is 2.95. The summed E-state index contributed by atoms with van der Waals surface area (Å²) in [4.78, 5) is 24.8. The van der Waals surface area contributed by atoms with Crippen molar-refractivity contribution in [3.8, 4) is 0 Å². The highest BCUT2D eigenvalue weighted by atomic mass is 32.2. The molecule has 2 N–H and O–H groups in total. The zero-order chi connectivity index (χ0) is 15.3. The van der Waals surface area contributed by atoms with Crippen LogP contribution in [0, 0.1) is 10.1 Å². The van der Waals surface area contributed by atoms with Crippen LogP contribution in [0.4, 0.5) is 11.5 Å². The summed E-state index contributed by atoms with van der Waals surface area (Å²) in [5.41, 5.74) is -0.566. The van der Waals surface area contributed by atoms with Crippen molar-refractivity contribution in [1.82, 2.24) is 4.98 Å². The number of aromatic carboxylic acids is 1. The summed E-state index contributed by atoms with van der Waals surface area (Å²) >= 11 is 0. The molecule has 1 rings (SSSR count). The SMILES string of the molecule is CC(CCS(C)=O)Nc1nc(C(=O)O)ccc1[N+](=O)[O-]. The molecule has 0 bridgehead atoms. The van der Waals surface area contributed by atoms with Crippen molar-refractivity contribution in [2.45, 2.75) is 19.4 Å². The highest BCUT2D eigenvalue weighted by Crippen LogP contribution is 2.23. The summed E-state index contributed by atoms with van der Waals surface area (Å²) in [5, 5.41) is 22.5. The summed E-state index contributed by atoms with van der Waals surface area (Å²) in [6, 6.07) is 1.97. The maximum atomic E-state index is 11.0. The molecule has 1 aromatic rings. The van der Waals surface area contributed by atoms with Crippen molar-refractivity contribution >= 4 is 28.3 Å². The predicted octanol–water partition coefficient (Wildman–Crippen LogP) is 1.26. The summed E-state index contributed by atoms with van der Waals surface area (Å²) in [6.07, 6.45) is 2.09. The number of rotatable bonds is 7. The van der Waals surface area contributed by atoms with Crippen molar-refractivity contribution in [3.63, 3.8) is 0 Å². The van der Waals surface area contributed by atoms with Crippen molar-refractivity contribution < 1.29 is 19.0 Å². The Morgan fingerprint density at radius 1 is 1.60 bits per heavy atom. The van der Waals surface area contributed by atoms with Gasteiger partial charge >= 0.3 is 11.7 Å². The molecule has 0 saturated heterocycles. The van der Waals surface area contributed by atoms with Crippen LogP contribution in [0.3, 0.4) is 0 Å². The van der Waals surface area contributed by atoms with E-state index in [2.05, 4.69) is 10.3 Å². The van der Waals surface area contributed by atoms with Crippen molar-refractivity contribution in [2.24, 2.45) is 0 Å². The molecule has 1 heterocycles. The minimum atomic E-state index is -1.26. The third kappa shape index (κ3) is 4.57. The van der Waals surface area contributed by atoms with Gasteiger partial charge < -0.3 is 10.4 Å². The van der Waals surface area contributed by atoms with Gasteiger partial charge in [0.05, 0.1) is 4.92 Å². The highest BCUT2D eigenvalue weighted by molar-refractivity contribution is 7.84. The minimum absolute atomic E-state index is 0.0933. The van der Waals surface area contributed by atoms with Crippen LogP contribution in [0.25, 0.3) is 0 Å². The van der Waals surface area contributed by atoms with Gasteiger partial charge in [0.15, 0.2) is 5.69 Å². The highest BCUT2D eigenvalue weighted by Gasteiger charge is 2.19. The molecule has 0 aliphatic rings. The summed E-state index contributed by atoms with van der Waals surface area (Å²) in [5.74, 6) is -0.907. The van der Waals surface area contributed by atoms with Gasteiger partial charge in [-0.05, 0) is 19.4 Å². The Hall–Kier alpha value is -2.03. The molecule has 0 saturated carbocycles. The Kier molecular flexibility index (Phi) is 5.56. The van der Waals surface area contributed by atoms with Crippen LogP contribution >= 0.6 is 0 Å². The Morgan fingerprint density at radius 3 is 2.75 bits per heavy atom. The minimum Gasteiger partial charge on any atom is -0.477 e. The van der Waals surface area contributed by atoms with E-state index in [1.165, 1.54) is 0 Å². The molecule has 9 heteroatoms. The number of pyridine rings is 1. The molecule has 20 heavy (non-hydrogen) atoms. The van der Waals surface area contributed by atoms with E-state index < -0.39 is 21.7 Å². The van der Waals surface area contributed by atoms with E-state index in [0.717, 1.165) is 12.1 Å². The molecule has 1 aromatic heterocycles. The summed E-state index contributed by atoms with van der Waals surface area (Å²) in [7, 11) is -0.958. The van der Waals surface area contributed by atoms with Crippen LogP contribution in [0.1, 0.15) is 23.8 Å². The summed E-state index contributed by atoms with van der Waals surface area (Å²) < 4.78 is 11.0. The van der Waals surface area contributed by atoms with Gasteiger partial charge in [0, 0.05) is 34.9 Å². The van der Waals surface area contributed by atoms with Gasteiger partial charge in [-0.1, -0.05) is 0 Å². The topological polar surface area (TPSA) is 122 Å². The van der Waals surface area contributed by atoms with Crippen LogP contribution in [0.5, 0.6) is 0 Å². The molecule has 0 radical (unpaired) electrons. The zero-order valence-electron chi connectivity index (χ0n) is 11.0. The fourth-order valence-corrected chi connectivity index (χ4v) is 2.16. The van der Waals surface area contributed by atoms with Crippen molar-refractivity contribution in [3.05, 3.63) is 27.9 Å². The average molecular weight is 301 g/mol. The van der Waals surface area contributed by atoms with E-state index in [4.69, 9.17) is 5.11 Å². The number of hydrogen-bond acceptors (Lipinski definition) is 6. The first-order chi connectivity index (χ1) is 9.31. The molecule has 2 unspecified atom stereocenters. The number of nitro groups is 1. The van der Waals surface area contributed by atoms with Gasteiger partial charge in [-0.25, -0.2) is 9.78 Å². The third-order valence-electron chi connectivity index (χ3n) is 2.51. The molecule has 0 fully saturated rings. The molecule has 0 aliphatic heterocycles. The second-order valence-corrected chi connectivity index (χ2v) is 5.79. The predicted molar refractivity (Wildman–Crippen MR) is 74.5 cm³/mol. The number of nitrogens with one attached hydrogen (secondary N) is 1. The second-order valence-electron chi connectivity index (χ2n) is 4.24. The molecular weight excluding hydrogens is 286 g/mol. The van der Waals surface area contributed by atoms with Gasteiger partial charge in [-0.15, -0.1) is 0 Å². The van der Waals surface area contributed by atoms with Gasteiger partial charge in [0.1, 0.15) is 0 Å². The molecule has 110 valence electrons. The van der Waals surface area contributed by atoms with Gasteiger partial charge in [0.25, 0.3) is 0 Å². The van der Waals surface area contributed by atoms with E-state index in [9.17, 15) is 19.1 Å². The van der Waals surface area contributed by atoms with Crippen LogP contribution < -0.4 is 5.32 Å². The Bertz CT molecular complexity index is 549. The molecular formula is C11H15N3O5S. The molecule has 8 nitrogen and oxygen atoms in total. The maximum Gasteiger partial charge on any atom is 0.354 e. The average Bonchev–Trinajstić information content (AvgIpc) is 2.35. The first kappa shape index (κ1) is 16.0. The number of hydrogen-bond donors (Lipinski definition) is 2. The number of aromatic nitrogens is 1. The molecule has 2 atom stereocenters. The van der Waals surface area contributed by atoms with Gasteiger partial charge in [0.2, 0.25) is 5.82 Å². The van der Waals surface area contributed by atoms with E-state index >= 15 is 0 Å². The summed E-state index contributed by atoms with van der Waals surface area (Å²) in [6.45, 7) is 1.76. The van der Waals surface area contributed by atoms with E-state index in [1.54, 1.807) is 13.2 Å².